The van der Waals surface area contributed by atoms with Crippen molar-refractivity contribution in [2.24, 2.45) is 11.5 Å². The largest absolute Gasteiger partial charge is 0.480 e. The molecule has 2 rings (SSSR count). The number of aliphatic hydroxyl groups excluding tert-OH is 1. The second-order valence-electron chi connectivity index (χ2n) is 6.82. The molecule has 0 fully saturated rings. The fraction of sp³-hybridized carbons (Fsp3) is 0.368. The van der Waals surface area contributed by atoms with Gasteiger partial charge in [0.15, 0.2) is 0 Å². The average Bonchev–Trinajstić information content (AvgIpc) is 3.11. The van der Waals surface area contributed by atoms with Crippen molar-refractivity contribution >= 4 is 34.6 Å². The van der Waals surface area contributed by atoms with Gasteiger partial charge in [-0.05, 0) is 24.5 Å². The Balaban J connectivity index is 1.97. The van der Waals surface area contributed by atoms with Crippen molar-refractivity contribution in [2.45, 2.75) is 37.4 Å². The van der Waals surface area contributed by atoms with Crippen molar-refractivity contribution in [1.82, 2.24) is 15.6 Å². The number of aliphatic hydroxyl groups is 1. The van der Waals surface area contributed by atoms with E-state index in [-0.39, 0.29) is 19.3 Å². The average molecular weight is 419 g/mol. The maximum atomic E-state index is 12.4. The predicted octanol–water partition coefficient (Wildman–Crippen LogP) is -1.65. The second kappa shape index (κ2) is 10.4. The Morgan fingerprint density at radius 1 is 1.07 bits per heavy atom. The lowest BCUT2D eigenvalue weighted by Gasteiger charge is -2.21. The molecule has 3 amide bonds. The third-order valence-corrected chi connectivity index (χ3v) is 4.56. The van der Waals surface area contributed by atoms with E-state index in [2.05, 4.69) is 15.6 Å². The highest BCUT2D eigenvalue weighted by Gasteiger charge is 2.28. The van der Waals surface area contributed by atoms with Crippen LogP contribution in [0.3, 0.4) is 0 Å². The minimum atomic E-state index is -1.40. The topological polar surface area (TPSA) is 201 Å². The van der Waals surface area contributed by atoms with Gasteiger partial charge in [0.1, 0.15) is 12.1 Å². The first-order chi connectivity index (χ1) is 14.2. The molecule has 0 radical (unpaired) electrons. The van der Waals surface area contributed by atoms with Crippen LogP contribution in [-0.4, -0.2) is 63.6 Å². The maximum absolute atomic E-state index is 12.4. The third-order valence-electron chi connectivity index (χ3n) is 4.56. The number of nitrogens with one attached hydrogen (secondary N) is 3. The zero-order valence-corrected chi connectivity index (χ0v) is 16.1. The van der Waals surface area contributed by atoms with Crippen LogP contribution in [0.15, 0.2) is 30.5 Å². The smallest absolute Gasteiger partial charge is 0.326 e. The Bertz CT molecular complexity index is 927. The SMILES string of the molecule is NC(=O)CC[C@H](NC(=O)[C@H](CO)NC(=O)[C@@H](N)Cc1c[nH]c2ccccc12)C(=O)O. The van der Waals surface area contributed by atoms with Crippen molar-refractivity contribution in [3.8, 4) is 0 Å². The summed E-state index contributed by atoms with van der Waals surface area (Å²) < 4.78 is 0. The number of hydrogen-bond donors (Lipinski definition) is 7. The normalized spacial score (nSPS) is 13.9. The number of aliphatic carboxylic acids is 1. The molecule has 9 N–H and O–H groups in total. The van der Waals surface area contributed by atoms with Gasteiger partial charge in [0.25, 0.3) is 0 Å². The van der Waals surface area contributed by atoms with Gasteiger partial charge in [0.2, 0.25) is 17.7 Å². The quantitative estimate of drug-likeness (QED) is 0.226. The lowest BCUT2D eigenvalue weighted by Crippen LogP contribution is -2.56. The van der Waals surface area contributed by atoms with Crippen LogP contribution in [0.5, 0.6) is 0 Å². The number of carboxylic acid groups (broad SMARTS) is 1. The van der Waals surface area contributed by atoms with Gasteiger partial charge in [0, 0.05) is 23.5 Å². The molecule has 0 aliphatic rings. The molecule has 0 spiro atoms. The molecule has 11 nitrogen and oxygen atoms in total. The Hall–Kier alpha value is -3.44. The summed E-state index contributed by atoms with van der Waals surface area (Å²) in [5, 5.41) is 24.0. The van der Waals surface area contributed by atoms with Crippen molar-refractivity contribution in [2.75, 3.05) is 6.61 Å². The van der Waals surface area contributed by atoms with E-state index in [0.717, 1.165) is 16.5 Å². The number of fused-ring (bicyclic) bond motifs is 1. The number of carboxylic acids is 1. The van der Waals surface area contributed by atoms with Gasteiger partial charge >= 0.3 is 5.97 Å². The molecule has 11 heteroatoms. The van der Waals surface area contributed by atoms with Gasteiger partial charge in [-0.1, -0.05) is 18.2 Å². The van der Waals surface area contributed by atoms with Gasteiger partial charge in [-0.25, -0.2) is 4.79 Å². The van der Waals surface area contributed by atoms with Crippen LogP contribution in [0.2, 0.25) is 0 Å². The van der Waals surface area contributed by atoms with Crippen LogP contribution in [0.1, 0.15) is 18.4 Å². The zero-order chi connectivity index (χ0) is 22.3. The Labute approximate surface area is 171 Å². The number of benzene rings is 1. The van der Waals surface area contributed by atoms with Gasteiger partial charge in [-0.15, -0.1) is 0 Å². The number of H-pyrrole nitrogens is 1. The third kappa shape index (κ3) is 6.03. The number of carbonyl (C=O) groups is 4. The number of carbonyl (C=O) groups excluding carboxylic acids is 3. The first-order valence-electron chi connectivity index (χ1n) is 9.26. The van der Waals surface area contributed by atoms with E-state index in [4.69, 9.17) is 16.6 Å². The van der Waals surface area contributed by atoms with E-state index < -0.39 is 48.4 Å². The highest BCUT2D eigenvalue weighted by molar-refractivity contribution is 5.92. The number of rotatable bonds is 11. The number of hydrogen-bond acceptors (Lipinski definition) is 6. The highest BCUT2D eigenvalue weighted by atomic mass is 16.4. The lowest BCUT2D eigenvalue weighted by molar-refractivity contribution is -0.142. The molecule has 30 heavy (non-hydrogen) atoms. The number of para-hydroxylation sites is 1. The first kappa shape index (κ1) is 22.8. The standard InChI is InChI=1S/C19H25N5O6/c20-12(7-10-8-22-13-4-2-1-3-11(10)13)17(27)24-15(9-25)18(28)23-14(19(29)30)5-6-16(21)26/h1-4,8,12,14-15,22,25H,5-7,9,20H2,(H2,21,26)(H,23,28)(H,24,27)(H,29,30)/t12-,14-,15-/m0/s1. The molecule has 1 aromatic carbocycles. The summed E-state index contributed by atoms with van der Waals surface area (Å²) in [5.41, 5.74) is 12.6. The van der Waals surface area contributed by atoms with E-state index in [0.29, 0.717) is 0 Å². The van der Waals surface area contributed by atoms with Crippen molar-refractivity contribution in [3.05, 3.63) is 36.0 Å². The molecular formula is C19H25N5O6. The summed E-state index contributed by atoms with van der Waals surface area (Å²) >= 11 is 0. The first-order valence-corrected chi connectivity index (χ1v) is 9.26. The zero-order valence-electron chi connectivity index (χ0n) is 16.1. The Morgan fingerprint density at radius 3 is 2.37 bits per heavy atom. The van der Waals surface area contributed by atoms with Crippen molar-refractivity contribution in [3.63, 3.8) is 0 Å². The summed E-state index contributed by atoms with van der Waals surface area (Å²) in [6.45, 7) is -0.764. The fourth-order valence-corrected chi connectivity index (χ4v) is 2.92. The van der Waals surface area contributed by atoms with Gasteiger partial charge in [-0.3, -0.25) is 14.4 Å². The summed E-state index contributed by atoms with van der Waals surface area (Å²) in [4.78, 5) is 49.8. The summed E-state index contributed by atoms with van der Waals surface area (Å²) in [6.07, 6.45) is 1.46. The molecule has 1 heterocycles. The van der Waals surface area contributed by atoms with E-state index >= 15 is 0 Å². The molecule has 0 saturated carbocycles. The van der Waals surface area contributed by atoms with Crippen LogP contribution >= 0.6 is 0 Å². The van der Waals surface area contributed by atoms with E-state index in [1.807, 2.05) is 24.3 Å². The van der Waals surface area contributed by atoms with Crippen LogP contribution in [-0.2, 0) is 25.6 Å². The molecule has 2 aromatic rings. The lowest BCUT2D eigenvalue weighted by atomic mass is 10.0. The summed E-state index contributed by atoms with van der Waals surface area (Å²) in [5.74, 6) is -3.69. The Morgan fingerprint density at radius 2 is 1.73 bits per heavy atom. The minimum Gasteiger partial charge on any atom is -0.480 e. The van der Waals surface area contributed by atoms with Crippen molar-refractivity contribution in [1.29, 1.82) is 0 Å². The number of amides is 3. The van der Waals surface area contributed by atoms with Gasteiger partial charge in [-0.2, -0.15) is 0 Å². The molecule has 162 valence electrons. The molecule has 0 aliphatic heterocycles. The molecule has 0 bridgehead atoms. The summed E-state index contributed by atoms with van der Waals surface area (Å²) in [7, 11) is 0. The van der Waals surface area contributed by atoms with Crippen LogP contribution in [0, 0.1) is 0 Å². The number of aromatic amines is 1. The van der Waals surface area contributed by atoms with E-state index in [1.54, 1.807) is 6.20 Å². The molecule has 0 unspecified atom stereocenters. The molecule has 1 aromatic heterocycles. The molecule has 0 saturated heterocycles. The minimum absolute atomic E-state index is 0.186. The van der Waals surface area contributed by atoms with Crippen LogP contribution < -0.4 is 22.1 Å². The molecule has 3 atom stereocenters. The fourth-order valence-electron chi connectivity index (χ4n) is 2.92. The molecule has 0 aliphatic carbocycles. The van der Waals surface area contributed by atoms with E-state index in [1.165, 1.54) is 0 Å². The monoisotopic (exact) mass is 419 g/mol. The number of nitrogens with two attached hydrogens (primary N) is 2. The molecular weight excluding hydrogens is 394 g/mol. The van der Waals surface area contributed by atoms with E-state index in [9.17, 15) is 24.3 Å². The summed E-state index contributed by atoms with van der Waals surface area (Å²) in [6, 6.07) is 3.69. The second-order valence-corrected chi connectivity index (χ2v) is 6.82. The number of primary amides is 1. The Kier molecular flexibility index (Phi) is 7.90. The highest BCUT2D eigenvalue weighted by Crippen LogP contribution is 2.18. The van der Waals surface area contributed by atoms with Crippen molar-refractivity contribution < 1.29 is 29.4 Å². The predicted molar refractivity (Wildman–Crippen MR) is 107 cm³/mol. The van der Waals surface area contributed by atoms with Gasteiger partial charge < -0.3 is 37.3 Å². The van der Waals surface area contributed by atoms with Crippen LogP contribution in [0.25, 0.3) is 10.9 Å². The number of aromatic nitrogens is 1. The van der Waals surface area contributed by atoms with Gasteiger partial charge in [0.05, 0.1) is 12.6 Å². The van der Waals surface area contributed by atoms with Crippen LogP contribution in [0.4, 0.5) is 0 Å². The maximum Gasteiger partial charge on any atom is 0.326 e.